The first-order chi connectivity index (χ1) is 7.81. The van der Waals surface area contributed by atoms with Gasteiger partial charge in [-0.2, -0.15) is 0 Å². The Morgan fingerprint density at radius 1 is 0.938 bits per heavy atom. The Kier molecular flexibility index (Phi) is 4.69. The highest BCUT2D eigenvalue weighted by atomic mass is 14.7. The Hall–Kier alpha value is -0.0400. The Morgan fingerprint density at radius 2 is 1.75 bits per heavy atom. The van der Waals surface area contributed by atoms with Gasteiger partial charge >= 0.3 is 0 Å². The van der Waals surface area contributed by atoms with Crippen molar-refractivity contribution in [3.05, 3.63) is 0 Å². The summed E-state index contributed by atoms with van der Waals surface area (Å²) in [6, 6.07) is 0.517. The van der Waals surface area contributed by atoms with Crippen LogP contribution in [0.25, 0.3) is 0 Å². The minimum Gasteiger partial charge on any atom is -0.327 e. The van der Waals surface area contributed by atoms with Crippen LogP contribution < -0.4 is 5.73 Å². The third-order valence-corrected chi connectivity index (χ3v) is 5.13. The largest absolute Gasteiger partial charge is 0.327 e. The second kappa shape index (κ2) is 6.05. The molecule has 0 amide bonds. The van der Waals surface area contributed by atoms with Crippen LogP contribution >= 0.6 is 0 Å². The van der Waals surface area contributed by atoms with Crippen molar-refractivity contribution in [3.8, 4) is 0 Å². The lowest BCUT2D eigenvalue weighted by Gasteiger charge is -2.36. The molecule has 0 radical (unpaired) electrons. The van der Waals surface area contributed by atoms with Gasteiger partial charge in [-0.05, 0) is 37.0 Å². The van der Waals surface area contributed by atoms with Crippen LogP contribution in [0.1, 0.15) is 71.1 Å². The molecule has 0 aliphatic heterocycles. The van der Waals surface area contributed by atoms with Gasteiger partial charge in [-0.1, -0.05) is 51.9 Å². The van der Waals surface area contributed by atoms with E-state index in [0.717, 1.165) is 17.8 Å². The lowest BCUT2D eigenvalue weighted by atomic mass is 9.71. The van der Waals surface area contributed by atoms with Gasteiger partial charge in [0.15, 0.2) is 0 Å². The minimum absolute atomic E-state index is 0.517. The average Bonchev–Trinajstić information content (AvgIpc) is 2.54. The highest BCUT2D eigenvalue weighted by Crippen LogP contribution is 2.40. The van der Waals surface area contributed by atoms with Gasteiger partial charge in [-0.25, -0.2) is 0 Å². The Balaban J connectivity index is 1.93. The Morgan fingerprint density at radius 3 is 2.56 bits per heavy atom. The maximum atomic E-state index is 6.40. The molecule has 0 aromatic rings. The summed E-state index contributed by atoms with van der Waals surface area (Å²) in [6.45, 7) is 2.36. The van der Waals surface area contributed by atoms with E-state index in [1.807, 2.05) is 0 Å². The van der Waals surface area contributed by atoms with Gasteiger partial charge in [0.25, 0.3) is 0 Å². The highest BCUT2D eigenvalue weighted by Gasteiger charge is 2.31. The number of nitrogens with two attached hydrogens (primary N) is 1. The van der Waals surface area contributed by atoms with Crippen LogP contribution in [0.4, 0.5) is 0 Å². The maximum absolute atomic E-state index is 6.40. The summed E-state index contributed by atoms with van der Waals surface area (Å²) in [6.07, 6.45) is 14.2. The summed E-state index contributed by atoms with van der Waals surface area (Å²) in [4.78, 5) is 0. The number of hydrogen-bond acceptors (Lipinski definition) is 1. The normalized spacial score (nSPS) is 41.6. The molecule has 0 bridgehead atoms. The lowest BCUT2D eigenvalue weighted by Crippen LogP contribution is -2.36. The van der Waals surface area contributed by atoms with Gasteiger partial charge in [0.05, 0.1) is 0 Å². The van der Waals surface area contributed by atoms with E-state index in [0.29, 0.717) is 6.04 Å². The van der Waals surface area contributed by atoms with Gasteiger partial charge in [0.1, 0.15) is 0 Å². The van der Waals surface area contributed by atoms with E-state index in [2.05, 4.69) is 6.92 Å². The van der Waals surface area contributed by atoms with Gasteiger partial charge in [-0.3, -0.25) is 0 Å². The molecule has 0 heterocycles. The van der Waals surface area contributed by atoms with Crippen molar-refractivity contribution in [3.63, 3.8) is 0 Å². The summed E-state index contributed by atoms with van der Waals surface area (Å²) >= 11 is 0. The van der Waals surface area contributed by atoms with E-state index < -0.39 is 0 Å². The van der Waals surface area contributed by atoms with Crippen molar-refractivity contribution in [1.82, 2.24) is 0 Å². The standard InChI is InChI=1S/C15H29N/c1-2-12-7-6-8-13(11-12)14-9-4-3-5-10-15(14)16/h12-15H,2-11,16H2,1H3. The Bertz CT molecular complexity index is 202. The van der Waals surface area contributed by atoms with E-state index in [1.54, 1.807) is 0 Å². The molecule has 0 aromatic heterocycles. The predicted molar refractivity (Wildman–Crippen MR) is 70.3 cm³/mol. The van der Waals surface area contributed by atoms with Gasteiger partial charge < -0.3 is 5.73 Å². The molecule has 0 saturated heterocycles. The molecule has 0 spiro atoms. The highest BCUT2D eigenvalue weighted by molar-refractivity contribution is 4.85. The van der Waals surface area contributed by atoms with Crippen LogP contribution in [-0.2, 0) is 0 Å². The summed E-state index contributed by atoms with van der Waals surface area (Å²) in [5.41, 5.74) is 6.40. The number of hydrogen-bond donors (Lipinski definition) is 1. The fourth-order valence-corrected chi connectivity index (χ4v) is 4.04. The van der Waals surface area contributed by atoms with E-state index in [4.69, 9.17) is 5.73 Å². The smallest absolute Gasteiger partial charge is 0.00698 e. The van der Waals surface area contributed by atoms with Crippen LogP contribution in [0.3, 0.4) is 0 Å². The van der Waals surface area contributed by atoms with Crippen LogP contribution in [0.15, 0.2) is 0 Å². The van der Waals surface area contributed by atoms with Crippen LogP contribution in [-0.4, -0.2) is 6.04 Å². The molecule has 94 valence electrons. The molecule has 1 heteroatoms. The monoisotopic (exact) mass is 223 g/mol. The average molecular weight is 223 g/mol. The van der Waals surface area contributed by atoms with Gasteiger partial charge in [0, 0.05) is 6.04 Å². The molecule has 16 heavy (non-hydrogen) atoms. The van der Waals surface area contributed by atoms with Gasteiger partial charge in [-0.15, -0.1) is 0 Å². The zero-order valence-corrected chi connectivity index (χ0v) is 11.0. The molecule has 2 fully saturated rings. The predicted octanol–water partition coefficient (Wildman–Crippen LogP) is 4.11. The van der Waals surface area contributed by atoms with E-state index in [1.165, 1.54) is 64.2 Å². The topological polar surface area (TPSA) is 26.0 Å². The van der Waals surface area contributed by atoms with E-state index >= 15 is 0 Å². The summed E-state index contributed by atoms with van der Waals surface area (Å²) in [5, 5.41) is 0. The lowest BCUT2D eigenvalue weighted by molar-refractivity contribution is 0.163. The first-order valence-corrected chi connectivity index (χ1v) is 7.56. The summed E-state index contributed by atoms with van der Waals surface area (Å²) in [5.74, 6) is 2.83. The molecular formula is C15H29N. The first-order valence-electron chi connectivity index (χ1n) is 7.56. The van der Waals surface area contributed by atoms with E-state index in [-0.39, 0.29) is 0 Å². The molecule has 0 aromatic carbocycles. The summed E-state index contributed by atoms with van der Waals surface area (Å²) < 4.78 is 0. The fourth-order valence-electron chi connectivity index (χ4n) is 4.04. The van der Waals surface area contributed by atoms with Gasteiger partial charge in [0.2, 0.25) is 0 Å². The quantitative estimate of drug-likeness (QED) is 0.700. The van der Waals surface area contributed by atoms with Crippen molar-refractivity contribution in [1.29, 1.82) is 0 Å². The molecule has 2 aliphatic rings. The molecule has 2 saturated carbocycles. The fraction of sp³-hybridized carbons (Fsp3) is 1.00. The third-order valence-electron chi connectivity index (χ3n) is 5.13. The molecule has 4 unspecified atom stereocenters. The first kappa shape index (κ1) is 12.4. The molecule has 2 aliphatic carbocycles. The van der Waals surface area contributed by atoms with E-state index in [9.17, 15) is 0 Å². The van der Waals surface area contributed by atoms with Crippen LogP contribution in [0, 0.1) is 17.8 Å². The number of rotatable bonds is 2. The molecule has 4 atom stereocenters. The van der Waals surface area contributed by atoms with Crippen molar-refractivity contribution >= 4 is 0 Å². The Labute approximate surface area is 101 Å². The molecule has 2 N–H and O–H groups in total. The second-order valence-corrected chi connectivity index (χ2v) is 6.17. The minimum atomic E-state index is 0.517. The zero-order chi connectivity index (χ0) is 11.4. The second-order valence-electron chi connectivity index (χ2n) is 6.17. The molecule has 1 nitrogen and oxygen atoms in total. The van der Waals surface area contributed by atoms with Crippen molar-refractivity contribution in [2.24, 2.45) is 23.5 Å². The zero-order valence-electron chi connectivity index (χ0n) is 11.0. The summed E-state index contributed by atoms with van der Waals surface area (Å²) in [7, 11) is 0. The third kappa shape index (κ3) is 3.00. The van der Waals surface area contributed by atoms with Crippen molar-refractivity contribution < 1.29 is 0 Å². The van der Waals surface area contributed by atoms with Crippen molar-refractivity contribution in [2.75, 3.05) is 0 Å². The molecule has 2 rings (SSSR count). The maximum Gasteiger partial charge on any atom is 0.00698 e. The van der Waals surface area contributed by atoms with Crippen LogP contribution in [0.2, 0.25) is 0 Å². The van der Waals surface area contributed by atoms with Crippen LogP contribution in [0.5, 0.6) is 0 Å². The SMILES string of the molecule is CCC1CCCC(C2CCCCCC2N)C1. The molecular weight excluding hydrogens is 194 g/mol. The van der Waals surface area contributed by atoms with Crippen molar-refractivity contribution in [2.45, 2.75) is 77.2 Å².